The molecule has 0 spiro atoms. The Hall–Kier alpha value is -1.87. The first-order valence-corrected chi connectivity index (χ1v) is 5.96. The molecule has 1 N–H and O–H groups in total. The van der Waals surface area contributed by atoms with E-state index in [0.717, 1.165) is 5.75 Å². The van der Waals surface area contributed by atoms with Crippen LogP contribution in [0.15, 0.2) is 36.5 Å². The topological polar surface area (TPSA) is 42.4 Å². The van der Waals surface area contributed by atoms with Gasteiger partial charge in [0.2, 0.25) is 5.88 Å². The van der Waals surface area contributed by atoms with Gasteiger partial charge >= 0.3 is 0 Å². The Kier molecular flexibility index (Phi) is 3.63. The zero-order valence-corrected chi connectivity index (χ0v) is 10.8. The fraction of sp³-hybridized carbons (Fsp3) is 0.267. The Morgan fingerprint density at radius 3 is 2.61 bits per heavy atom. The molecular weight excluding hydrogens is 226 g/mol. The van der Waals surface area contributed by atoms with Gasteiger partial charge in [0.25, 0.3) is 0 Å². The highest BCUT2D eigenvalue weighted by atomic mass is 16.5. The van der Waals surface area contributed by atoms with E-state index in [4.69, 9.17) is 4.74 Å². The van der Waals surface area contributed by atoms with Crippen LogP contribution in [0.2, 0.25) is 0 Å². The average molecular weight is 243 g/mol. The van der Waals surface area contributed by atoms with Gasteiger partial charge in [-0.25, -0.2) is 4.98 Å². The largest absolute Gasteiger partial charge is 0.439 e. The fourth-order valence-electron chi connectivity index (χ4n) is 1.70. The predicted octanol–water partition coefficient (Wildman–Crippen LogP) is 3.54. The van der Waals surface area contributed by atoms with Crippen molar-refractivity contribution in [3.63, 3.8) is 0 Å². The highest BCUT2D eigenvalue weighted by molar-refractivity contribution is 5.38. The minimum atomic E-state index is -0.597. The van der Waals surface area contributed by atoms with E-state index in [1.807, 2.05) is 31.2 Å². The SMILES string of the molecule is Cc1ccc(Oc2ncccc2[C@H](C)O)cc1C. The van der Waals surface area contributed by atoms with Gasteiger partial charge in [0.1, 0.15) is 5.75 Å². The van der Waals surface area contributed by atoms with E-state index < -0.39 is 6.10 Å². The van der Waals surface area contributed by atoms with Crippen LogP contribution in [0, 0.1) is 13.8 Å². The molecule has 0 saturated carbocycles. The summed E-state index contributed by atoms with van der Waals surface area (Å²) >= 11 is 0. The third kappa shape index (κ3) is 2.68. The molecule has 0 bridgehead atoms. The second kappa shape index (κ2) is 5.19. The second-order valence-corrected chi connectivity index (χ2v) is 4.42. The molecule has 94 valence electrons. The van der Waals surface area contributed by atoms with Gasteiger partial charge in [0.05, 0.1) is 6.10 Å². The van der Waals surface area contributed by atoms with E-state index >= 15 is 0 Å². The van der Waals surface area contributed by atoms with Gasteiger partial charge < -0.3 is 9.84 Å². The van der Waals surface area contributed by atoms with Crippen molar-refractivity contribution in [3.8, 4) is 11.6 Å². The standard InChI is InChI=1S/C15H17NO2/c1-10-6-7-13(9-11(10)2)18-15-14(12(3)17)5-4-8-16-15/h4-9,12,17H,1-3H3/t12-/m0/s1. The number of aryl methyl sites for hydroxylation is 2. The number of hydrogen-bond donors (Lipinski definition) is 1. The molecule has 2 rings (SSSR count). The molecule has 1 atom stereocenters. The maximum atomic E-state index is 9.66. The van der Waals surface area contributed by atoms with E-state index in [1.165, 1.54) is 11.1 Å². The summed E-state index contributed by atoms with van der Waals surface area (Å²) < 4.78 is 5.74. The first-order valence-electron chi connectivity index (χ1n) is 5.96. The van der Waals surface area contributed by atoms with E-state index in [0.29, 0.717) is 11.4 Å². The normalized spacial score (nSPS) is 12.2. The number of aliphatic hydroxyl groups excluding tert-OH is 1. The van der Waals surface area contributed by atoms with Gasteiger partial charge in [0, 0.05) is 11.8 Å². The van der Waals surface area contributed by atoms with Crippen LogP contribution in [0.5, 0.6) is 11.6 Å². The lowest BCUT2D eigenvalue weighted by molar-refractivity contribution is 0.194. The molecule has 2 aromatic rings. The molecule has 0 fully saturated rings. The second-order valence-electron chi connectivity index (χ2n) is 4.42. The van der Waals surface area contributed by atoms with Gasteiger partial charge in [0.15, 0.2) is 0 Å². The molecule has 3 heteroatoms. The van der Waals surface area contributed by atoms with Gasteiger partial charge in [-0.1, -0.05) is 6.07 Å². The van der Waals surface area contributed by atoms with Crippen molar-refractivity contribution in [2.24, 2.45) is 0 Å². The van der Waals surface area contributed by atoms with Crippen LogP contribution in [-0.4, -0.2) is 10.1 Å². The number of benzene rings is 1. The third-order valence-electron chi connectivity index (χ3n) is 2.94. The highest BCUT2D eigenvalue weighted by Crippen LogP contribution is 2.28. The minimum Gasteiger partial charge on any atom is -0.439 e. The van der Waals surface area contributed by atoms with Crippen molar-refractivity contribution in [1.82, 2.24) is 4.98 Å². The van der Waals surface area contributed by atoms with E-state index in [9.17, 15) is 5.11 Å². The molecule has 1 aromatic heterocycles. The summed E-state index contributed by atoms with van der Waals surface area (Å²) in [7, 11) is 0. The molecule has 0 unspecified atom stereocenters. The van der Waals surface area contributed by atoms with Crippen LogP contribution in [0.4, 0.5) is 0 Å². The van der Waals surface area contributed by atoms with Crippen LogP contribution >= 0.6 is 0 Å². The van der Waals surface area contributed by atoms with Gasteiger partial charge in [-0.3, -0.25) is 0 Å². The highest BCUT2D eigenvalue weighted by Gasteiger charge is 2.10. The number of aromatic nitrogens is 1. The Bertz CT molecular complexity index is 550. The summed E-state index contributed by atoms with van der Waals surface area (Å²) in [5, 5.41) is 9.66. The zero-order chi connectivity index (χ0) is 13.1. The number of pyridine rings is 1. The average Bonchev–Trinajstić information content (AvgIpc) is 2.34. The van der Waals surface area contributed by atoms with Gasteiger partial charge in [-0.2, -0.15) is 0 Å². The smallest absolute Gasteiger partial charge is 0.225 e. The van der Waals surface area contributed by atoms with E-state index in [2.05, 4.69) is 11.9 Å². The Labute approximate surface area is 107 Å². The number of nitrogens with zero attached hydrogens (tertiary/aromatic N) is 1. The van der Waals surface area contributed by atoms with Crippen LogP contribution in [0.1, 0.15) is 29.7 Å². The molecule has 0 aliphatic heterocycles. The van der Waals surface area contributed by atoms with Crippen molar-refractivity contribution >= 4 is 0 Å². The van der Waals surface area contributed by atoms with Crippen LogP contribution < -0.4 is 4.74 Å². The lowest BCUT2D eigenvalue weighted by Crippen LogP contribution is -1.98. The lowest BCUT2D eigenvalue weighted by Gasteiger charge is -2.12. The van der Waals surface area contributed by atoms with Crippen molar-refractivity contribution in [2.45, 2.75) is 26.9 Å². The molecule has 0 radical (unpaired) electrons. The summed E-state index contributed by atoms with van der Waals surface area (Å²) in [5.74, 6) is 1.19. The quantitative estimate of drug-likeness (QED) is 0.896. The van der Waals surface area contributed by atoms with Crippen molar-refractivity contribution in [1.29, 1.82) is 0 Å². The molecule has 1 aromatic carbocycles. The monoisotopic (exact) mass is 243 g/mol. The van der Waals surface area contributed by atoms with Crippen molar-refractivity contribution in [3.05, 3.63) is 53.2 Å². The number of hydrogen-bond acceptors (Lipinski definition) is 3. The predicted molar refractivity (Wildman–Crippen MR) is 70.9 cm³/mol. The third-order valence-corrected chi connectivity index (χ3v) is 2.94. The lowest BCUT2D eigenvalue weighted by atomic mass is 10.1. The van der Waals surface area contributed by atoms with Crippen molar-refractivity contribution in [2.75, 3.05) is 0 Å². The number of ether oxygens (including phenoxy) is 1. The van der Waals surface area contributed by atoms with E-state index in [-0.39, 0.29) is 0 Å². The summed E-state index contributed by atoms with van der Waals surface area (Å²) in [6.07, 6.45) is 1.06. The minimum absolute atomic E-state index is 0.454. The molecule has 0 amide bonds. The Morgan fingerprint density at radius 2 is 1.94 bits per heavy atom. The fourth-order valence-corrected chi connectivity index (χ4v) is 1.70. The summed E-state index contributed by atoms with van der Waals surface area (Å²) in [6, 6.07) is 9.48. The van der Waals surface area contributed by atoms with Gasteiger partial charge in [-0.05, 0) is 56.2 Å². The summed E-state index contributed by atoms with van der Waals surface area (Å²) in [5.41, 5.74) is 3.08. The van der Waals surface area contributed by atoms with Crippen LogP contribution in [0.25, 0.3) is 0 Å². The molecule has 0 aliphatic rings. The first kappa shape index (κ1) is 12.6. The Balaban J connectivity index is 2.31. The maximum absolute atomic E-state index is 9.66. The number of rotatable bonds is 3. The summed E-state index contributed by atoms with van der Waals surface area (Å²) in [6.45, 7) is 5.79. The van der Waals surface area contributed by atoms with Crippen LogP contribution in [-0.2, 0) is 0 Å². The first-order chi connectivity index (χ1) is 8.58. The van der Waals surface area contributed by atoms with E-state index in [1.54, 1.807) is 19.2 Å². The maximum Gasteiger partial charge on any atom is 0.225 e. The van der Waals surface area contributed by atoms with Crippen molar-refractivity contribution < 1.29 is 9.84 Å². The molecular formula is C15H17NO2. The molecule has 18 heavy (non-hydrogen) atoms. The molecule has 3 nitrogen and oxygen atoms in total. The number of aliphatic hydroxyl groups is 1. The Morgan fingerprint density at radius 1 is 1.17 bits per heavy atom. The molecule has 1 heterocycles. The molecule has 0 aliphatic carbocycles. The molecule has 0 saturated heterocycles. The van der Waals surface area contributed by atoms with Gasteiger partial charge in [-0.15, -0.1) is 0 Å². The van der Waals surface area contributed by atoms with Crippen LogP contribution in [0.3, 0.4) is 0 Å². The zero-order valence-electron chi connectivity index (χ0n) is 10.8. The summed E-state index contributed by atoms with van der Waals surface area (Å²) in [4.78, 5) is 4.17.